The molecule has 3 aromatic rings. The van der Waals surface area contributed by atoms with Gasteiger partial charge in [0.2, 0.25) is 0 Å². The van der Waals surface area contributed by atoms with Crippen molar-refractivity contribution in [2.24, 2.45) is 5.92 Å². The summed E-state index contributed by atoms with van der Waals surface area (Å²) in [7, 11) is -1.41. The highest BCUT2D eigenvalue weighted by atomic mass is 28.3. The van der Waals surface area contributed by atoms with E-state index in [2.05, 4.69) is 31.1 Å². The number of ketones is 1. The van der Waals surface area contributed by atoms with Crippen molar-refractivity contribution >= 4 is 19.8 Å². The van der Waals surface area contributed by atoms with Crippen LogP contribution in [0.1, 0.15) is 40.7 Å². The Labute approximate surface area is 203 Å². The van der Waals surface area contributed by atoms with Crippen LogP contribution in [0.2, 0.25) is 19.6 Å². The second-order valence-corrected chi connectivity index (χ2v) is 14.4. The van der Waals surface area contributed by atoms with Gasteiger partial charge in [-0.15, -0.1) is 5.54 Å². The number of carboxylic acids is 1. The monoisotopic (exact) mass is 468 g/mol. The largest absolute Gasteiger partial charge is 0.481 e. The maximum atomic E-state index is 12.8. The third-order valence-corrected chi connectivity index (χ3v) is 6.52. The first-order valence-electron chi connectivity index (χ1n) is 11.7. The number of hydrogen-bond donors (Lipinski definition) is 1. The van der Waals surface area contributed by atoms with E-state index in [4.69, 9.17) is 0 Å². The Balaban J connectivity index is 1.59. The van der Waals surface area contributed by atoms with Gasteiger partial charge in [0, 0.05) is 17.5 Å². The molecule has 0 bridgehead atoms. The van der Waals surface area contributed by atoms with Crippen LogP contribution >= 0.6 is 0 Å². The molecule has 0 aliphatic rings. The fourth-order valence-electron chi connectivity index (χ4n) is 3.71. The smallest absolute Gasteiger partial charge is 0.306 e. The average Bonchev–Trinajstić information content (AvgIpc) is 2.82. The molecule has 0 heterocycles. The van der Waals surface area contributed by atoms with Crippen molar-refractivity contribution in [3.63, 3.8) is 0 Å². The summed E-state index contributed by atoms with van der Waals surface area (Å²) in [5, 5.41) is 9.60. The molecule has 0 spiro atoms. The summed E-state index contributed by atoms with van der Waals surface area (Å²) in [6.07, 6.45) is 2.07. The van der Waals surface area contributed by atoms with Crippen LogP contribution in [0.15, 0.2) is 78.9 Å². The summed E-state index contributed by atoms with van der Waals surface area (Å²) in [5.74, 6) is 1.56. The fourth-order valence-corrected chi connectivity index (χ4v) is 4.23. The average molecular weight is 469 g/mol. The van der Waals surface area contributed by atoms with Crippen LogP contribution in [-0.4, -0.2) is 24.9 Å². The van der Waals surface area contributed by atoms with Crippen LogP contribution in [-0.2, 0) is 11.2 Å². The zero-order chi connectivity index (χ0) is 24.6. The number of benzene rings is 3. The van der Waals surface area contributed by atoms with Gasteiger partial charge >= 0.3 is 5.97 Å². The minimum absolute atomic E-state index is 0.0218. The van der Waals surface area contributed by atoms with Crippen LogP contribution < -0.4 is 0 Å². The lowest BCUT2D eigenvalue weighted by Crippen LogP contribution is -2.18. The van der Waals surface area contributed by atoms with Crippen LogP contribution in [0, 0.1) is 17.4 Å². The highest BCUT2D eigenvalue weighted by Crippen LogP contribution is 2.23. The second-order valence-electron chi connectivity index (χ2n) is 9.69. The Bertz CT molecular complexity index is 1160. The highest BCUT2D eigenvalue weighted by molar-refractivity contribution is 6.83. The maximum Gasteiger partial charge on any atom is 0.306 e. The normalized spacial score (nSPS) is 11.9. The molecular weight excluding hydrogens is 436 g/mol. The summed E-state index contributed by atoms with van der Waals surface area (Å²) in [4.78, 5) is 24.5. The predicted octanol–water partition coefficient (Wildman–Crippen LogP) is 6.88. The van der Waals surface area contributed by atoms with Crippen LogP contribution in [0.3, 0.4) is 0 Å². The standard InChI is InChI=1S/C30H32O3Si/c1-34(2,3)21-20-24-12-14-25(15-13-24)26-16-18-27(19-17-26)29(31)22-28(30(32)33)11-7-10-23-8-5-4-6-9-23/h4-6,8-9,12-19,28H,7,10-11,22H2,1-3H3,(H,32,33). The molecule has 174 valence electrons. The number of aliphatic carboxylic acids is 1. The Morgan fingerprint density at radius 1 is 0.853 bits per heavy atom. The van der Waals surface area contributed by atoms with Gasteiger partial charge in [-0.1, -0.05) is 92.3 Å². The van der Waals surface area contributed by atoms with E-state index in [9.17, 15) is 14.7 Å². The van der Waals surface area contributed by atoms with Gasteiger partial charge in [0.05, 0.1) is 5.92 Å². The molecule has 0 saturated carbocycles. The number of carboxylic acid groups (broad SMARTS) is 1. The maximum absolute atomic E-state index is 12.8. The first-order valence-corrected chi connectivity index (χ1v) is 15.2. The summed E-state index contributed by atoms with van der Waals surface area (Å²) >= 11 is 0. The van der Waals surface area contributed by atoms with Crippen molar-refractivity contribution in [2.45, 2.75) is 45.3 Å². The van der Waals surface area contributed by atoms with E-state index >= 15 is 0 Å². The van der Waals surface area contributed by atoms with Gasteiger partial charge in [-0.3, -0.25) is 9.59 Å². The van der Waals surface area contributed by atoms with E-state index in [0.717, 1.165) is 29.5 Å². The molecule has 1 unspecified atom stereocenters. The van der Waals surface area contributed by atoms with E-state index in [1.807, 2.05) is 66.7 Å². The van der Waals surface area contributed by atoms with Crippen molar-refractivity contribution in [3.8, 4) is 22.6 Å². The highest BCUT2D eigenvalue weighted by Gasteiger charge is 2.21. The van der Waals surface area contributed by atoms with Crippen molar-refractivity contribution in [1.82, 2.24) is 0 Å². The molecule has 3 nitrogen and oxygen atoms in total. The Morgan fingerprint density at radius 2 is 1.44 bits per heavy atom. The predicted molar refractivity (Wildman–Crippen MR) is 142 cm³/mol. The van der Waals surface area contributed by atoms with Crippen LogP contribution in [0.5, 0.6) is 0 Å². The van der Waals surface area contributed by atoms with E-state index in [1.54, 1.807) is 12.1 Å². The molecule has 3 rings (SSSR count). The number of aryl methyl sites for hydroxylation is 1. The molecule has 1 atom stereocenters. The quantitative estimate of drug-likeness (QED) is 0.212. The molecule has 0 fully saturated rings. The molecule has 0 radical (unpaired) electrons. The molecular formula is C30H32O3Si. The lowest BCUT2D eigenvalue weighted by molar-refractivity contribution is -0.141. The van der Waals surface area contributed by atoms with E-state index in [0.29, 0.717) is 12.0 Å². The number of carbonyl (C=O) groups is 2. The van der Waals surface area contributed by atoms with Gasteiger partial charge in [-0.25, -0.2) is 0 Å². The van der Waals surface area contributed by atoms with Gasteiger partial charge < -0.3 is 5.11 Å². The molecule has 3 aromatic carbocycles. The van der Waals surface area contributed by atoms with Crippen LogP contribution in [0.4, 0.5) is 0 Å². The fraction of sp³-hybridized carbons (Fsp3) is 0.267. The number of Topliss-reactive ketones (excluding diaryl/α,β-unsaturated/α-hetero) is 1. The topological polar surface area (TPSA) is 54.4 Å². The summed E-state index contributed by atoms with van der Waals surface area (Å²) < 4.78 is 0. The van der Waals surface area contributed by atoms with Gasteiger partial charge in [0.1, 0.15) is 8.07 Å². The molecule has 1 N–H and O–H groups in total. The lowest BCUT2D eigenvalue weighted by Gasteiger charge is -2.12. The first-order chi connectivity index (χ1) is 16.2. The third kappa shape index (κ3) is 7.86. The van der Waals surface area contributed by atoms with Crippen molar-refractivity contribution in [3.05, 3.63) is 95.6 Å². The second kappa shape index (κ2) is 11.6. The van der Waals surface area contributed by atoms with Gasteiger partial charge in [-0.05, 0) is 48.1 Å². The molecule has 0 saturated heterocycles. The van der Waals surface area contributed by atoms with Gasteiger partial charge in [-0.2, -0.15) is 0 Å². The first kappa shape index (κ1) is 25.2. The van der Waals surface area contributed by atoms with E-state index in [1.165, 1.54) is 5.56 Å². The van der Waals surface area contributed by atoms with Crippen molar-refractivity contribution in [1.29, 1.82) is 0 Å². The van der Waals surface area contributed by atoms with Gasteiger partial charge in [0.15, 0.2) is 5.78 Å². The Kier molecular flexibility index (Phi) is 8.62. The number of carbonyl (C=O) groups excluding carboxylic acids is 1. The molecule has 4 heteroatoms. The number of hydrogen-bond acceptors (Lipinski definition) is 2. The lowest BCUT2D eigenvalue weighted by atomic mass is 9.92. The molecule has 0 aromatic heterocycles. The molecule has 0 aliphatic heterocycles. The molecule has 0 aliphatic carbocycles. The third-order valence-electron chi connectivity index (χ3n) is 5.65. The zero-order valence-electron chi connectivity index (χ0n) is 20.2. The van der Waals surface area contributed by atoms with E-state index in [-0.39, 0.29) is 12.2 Å². The van der Waals surface area contributed by atoms with E-state index < -0.39 is 20.0 Å². The summed E-state index contributed by atoms with van der Waals surface area (Å²) in [6, 6.07) is 25.5. The Hall–Kier alpha value is -3.42. The summed E-state index contributed by atoms with van der Waals surface area (Å²) in [6.45, 7) is 6.67. The number of rotatable bonds is 9. The van der Waals surface area contributed by atoms with Crippen molar-refractivity contribution < 1.29 is 14.7 Å². The molecule has 0 amide bonds. The van der Waals surface area contributed by atoms with Crippen molar-refractivity contribution in [2.75, 3.05) is 0 Å². The minimum Gasteiger partial charge on any atom is -0.481 e. The summed E-state index contributed by atoms with van der Waals surface area (Å²) in [5.41, 5.74) is 8.18. The van der Waals surface area contributed by atoms with Crippen LogP contribution in [0.25, 0.3) is 11.1 Å². The Morgan fingerprint density at radius 3 is 2.00 bits per heavy atom. The van der Waals surface area contributed by atoms with Gasteiger partial charge in [0.25, 0.3) is 0 Å². The molecule has 34 heavy (non-hydrogen) atoms. The minimum atomic E-state index is -1.41. The zero-order valence-corrected chi connectivity index (χ0v) is 21.2. The SMILES string of the molecule is C[Si](C)(C)C#Cc1ccc(-c2ccc(C(=O)CC(CCCc3ccccc3)C(=O)O)cc2)cc1.